The minimum absolute atomic E-state index is 0.0767. The van der Waals surface area contributed by atoms with E-state index in [9.17, 15) is 9.90 Å². The van der Waals surface area contributed by atoms with Gasteiger partial charge in [0.1, 0.15) is 5.75 Å². The van der Waals surface area contributed by atoms with Gasteiger partial charge in [-0.25, -0.2) is 0 Å². The van der Waals surface area contributed by atoms with Crippen LogP contribution in [0, 0.1) is 0 Å². The molecular weight excluding hydrogens is 330 g/mol. The van der Waals surface area contributed by atoms with Crippen LogP contribution in [0.4, 0.5) is 0 Å². The summed E-state index contributed by atoms with van der Waals surface area (Å²) in [4.78, 5) is 14.7. The molecule has 1 aliphatic rings. The first kappa shape index (κ1) is 16.4. The van der Waals surface area contributed by atoms with E-state index in [1.54, 1.807) is 24.4 Å². The SMILES string of the molecule is COc1cccc(C(CO)N2Cc3ccc(-c4cn[nH]c4)cc3C2=O)c1. The summed E-state index contributed by atoms with van der Waals surface area (Å²) in [5.74, 6) is 0.625. The molecule has 3 aromatic rings. The van der Waals surface area contributed by atoms with E-state index >= 15 is 0 Å². The molecule has 0 fully saturated rings. The van der Waals surface area contributed by atoms with Crippen LogP contribution in [-0.4, -0.2) is 39.8 Å². The number of methoxy groups -OCH3 is 1. The van der Waals surface area contributed by atoms with Crippen molar-refractivity contribution in [2.45, 2.75) is 12.6 Å². The van der Waals surface area contributed by atoms with Crippen LogP contribution >= 0.6 is 0 Å². The smallest absolute Gasteiger partial charge is 0.255 e. The van der Waals surface area contributed by atoms with Crippen molar-refractivity contribution in [3.8, 4) is 16.9 Å². The first-order chi connectivity index (χ1) is 12.7. The lowest BCUT2D eigenvalue weighted by Crippen LogP contribution is -2.31. The molecule has 1 unspecified atom stereocenters. The van der Waals surface area contributed by atoms with E-state index in [-0.39, 0.29) is 12.5 Å². The number of carbonyl (C=O) groups is 1. The Morgan fingerprint density at radius 2 is 2.15 bits per heavy atom. The highest BCUT2D eigenvalue weighted by Gasteiger charge is 2.33. The Bertz CT molecular complexity index is 937. The lowest BCUT2D eigenvalue weighted by Gasteiger charge is -2.26. The van der Waals surface area contributed by atoms with Crippen LogP contribution in [-0.2, 0) is 6.54 Å². The van der Waals surface area contributed by atoms with Crippen molar-refractivity contribution in [1.29, 1.82) is 0 Å². The fourth-order valence-electron chi connectivity index (χ4n) is 3.40. The van der Waals surface area contributed by atoms with Gasteiger partial charge in [0, 0.05) is 23.9 Å². The fourth-order valence-corrected chi connectivity index (χ4v) is 3.40. The molecule has 4 rings (SSSR count). The molecule has 26 heavy (non-hydrogen) atoms. The summed E-state index contributed by atoms with van der Waals surface area (Å²) in [5, 5.41) is 16.7. The fraction of sp³-hybridized carbons (Fsp3) is 0.200. The Morgan fingerprint density at radius 3 is 2.88 bits per heavy atom. The summed E-state index contributed by atoms with van der Waals surface area (Å²) < 4.78 is 5.26. The molecule has 6 nitrogen and oxygen atoms in total. The van der Waals surface area contributed by atoms with E-state index in [4.69, 9.17) is 4.74 Å². The van der Waals surface area contributed by atoms with Crippen molar-refractivity contribution >= 4 is 5.91 Å². The first-order valence-electron chi connectivity index (χ1n) is 8.39. The van der Waals surface area contributed by atoms with Gasteiger partial charge in [0.15, 0.2) is 0 Å². The molecule has 0 radical (unpaired) electrons. The highest BCUT2D eigenvalue weighted by Crippen LogP contribution is 2.34. The third-order valence-corrected chi connectivity index (χ3v) is 4.80. The maximum atomic E-state index is 13.0. The summed E-state index contributed by atoms with van der Waals surface area (Å²) >= 11 is 0. The van der Waals surface area contributed by atoms with Crippen LogP contribution in [0.5, 0.6) is 5.75 Å². The molecule has 2 N–H and O–H groups in total. The minimum atomic E-state index is -0.414. The molecule has 1 atom stereocenters. The lowest BCUT2D eigenvalue weighted by atomic mass is 10.0. The predicted octanol–water partition coefficient (Wildman–Crippen LogP) is 2.77. The zero-order valence-electron chi connectivity index (χ0n) is 14.3. The van der Waals surface area contributed by atoms with Crippen molar-refractivity contribution < 1.29 is 14.6 Å². The summed E-state index contributed by atoms with van der Waals surface area (Å²) in [5.41, 5.74) is 4.36. The standard InChI is InChI=1S/C20H19N3O3/c1-26-17-4-2-3-14(7-17)19(12-24)23-11-15-6-5-13(8-18(15)20(23)25)16-9-21-22-10-16/h2-10,19,24H,11-12H2,1H3,(H,21,22). The van der Waals surface area contributed by atoms with Crippen LogP contribution in [0.1, 0.15) is 27.5 Å². The minimum Gasteiger partial charge on any atom is -0.497 e. The van der Waals surface area contributed by atoms with Gasteiger partial charge in [-0.15, -0.1) is 0 Å². The molecule has 6 heteroatoms. The molecule has 0 spiro atoms. The molecule has 0 aliphatic carbocycles. The third kappa shape index (κ3) is 2.74. The van der Waals surface area contributed by atoms with Crippen LogP contribution in [0.25, 0.3) is 11.1 Å². The van der Waals surface area contributed by atoms with Gasteiger partial charge in [-0.05, 0) is 34.9 Å². The number of fused-ring (bicyclic) bond motifs is 1. The Morgan fingerprint density at radius 1 is 1.27 bits per heavy atom. The zero-order chi connectivity index (χ0) is 18.1. The molecule has 132 valence electrons. The van der Waals surface area contributed by atoms with E-state index in [0.717, 1.165) is 22.3 Å². The number of nitrogens with one attached hydrogen (secondary N) is 1. The van der Waals surface area contributed by atoms with Crippen molar-refractivity contribution in [2.75, 3.05) is 13.7 Å². The van der Waals surface area contributed by atoms with Gasteiger partial charge in [-0.1, -0.05) is 24.3 Å². The molecule has 0 saturated heterocycles. The maximum absolute atomic E-state index is 13.0. The van der Waals surface area contributed by atoms with Crippen LogP contribution in [0.3, 0.4) is 0 Å². The number of benzene rings is 2. The van der Waals surface area contributed by atoms with Crippen LogP contribution < -0.4 is 4.74 Å². The number of H-pyrrole nitrogens is 1. The van der Waals surface area contributed by atoms with Crippen LogP contribution in [0.2, 0.25) is 0 Å². The number of nitrogens with zero attached hydrogens (tertiary/aromatic N) is 2. The zero-order valence-corrected chi connectivity index (χ0v) is 14.3. The number of hydrogen-bond donors (Lipinski definition) is 2. The summed E-state index contributed by atoms with van der Waals surface area (Å²) in [6.07, 6.45) is 3.53. The number of rotatable bonds is 5. The van der Waals surface area contributed by atoms with E-state index < -0.39 is 6.04 Å². The second-order valence-corrected chi connectivity index (χ2v) is 6.27. The average molecular weight is 349 g/mol. The second kappa shape index (κ2) is 6.65. The Balaban J connectivity index is 1.66. The molecule has 1 amide bonds. The highest BCUT2D eigenvalue weighted by molar-refractivity contribution is 5.99. The Kier molecular flexibility index (Phi) is 4.18. The average Bonchev–Trinajstić information content (AvgIpc) is 3.32. The van der Waals surface area contributed by atoms with Crippen LogP contribution in [0.15, 0.2) is 54.9 Å². The number of amides is 1. The number of aromatic nitrogens is 2. The van der Waals surface area contributed by atoms with Gasteiger partial charge in [-0.3, -0.25) is 9.89 Å². The number of aliphatic hydroxyl groups is 1. The molecule has 1 aromatic heterocycles. The monoisotopic (exact) mass is 349 g/mol. The molecule has 0 bridgehead atoms. The van der Waals surface area contributed by atoms with Gasteiger partial charge < -0.3 is 14.7 Å². The summed E-state index contributed by atoms with van der Waals surface area (Å²) in [6, 6.07) is 12.9. The van der Waals surface area contributed by atoms with Crippen molar-refractivity contribution in [1.82, 2.24) is 15.1 Å². The summed E-state index contributed by atoms with van der Waals surface area (Å²) in [7, 11) is 1.60. The van der Waals surface area contributed by atoms with Crippen molar-refractivity contribution in [3.63, 3.8) is 0 Å². The van der Waals surface area contributed by atoms with E-state index in [0.29, 0.717) is 17.9 Å². The summed E-state index contributed by atoms with van der Waals surface area (Å²) in [6.45, 7) is 0.323. The first-order valence-corrected chi connectivity index (χ1v) is 8.39. The molecule has 0 saturated carbocycles. The quantitative estimate of drug-likeness (QED) is 0.742. The van der Waals surface area contributed by atoms with Gasteiger partial charge in [-0.2, -0.15) is 5.10 Å². The van der Waals surface area contributed by atoms with Gasteiger partial charge in [0.25, 0.3) is 5.91 Å². The van der Waals surface area contributed by atoms with E-state index in [1.807, 2.05) is 42.5 Å². The van der Waals surface area contributed by atoms with Crippen molar-refractivity contribution in [3.05, 3.63) is 71.5 Å². The number of ether oxygens (including phenoxy) is 1. The third-order valence-electron chi connectivity index (χ3n) is 4.80. The number of aromatic amines is 1. The Labute approximate surface area is 151 Å². The molecule has 2 heterocycles. The molecule has 2 aromatic carbocycles. The maximum Gasteiger partial charge on any atom is 0.255 e. The normalized spacial score (nSPS) is 14.4. The number of aliphatic hydroxyl groups excluding tert-OH is 1. The topological polar surface area (TPSA) is 78.5 Å². The lowest BCUT2D eigenvalue weighted by molar-refractivity contribution is 0.0615. The van der Waals surface area contributed by atoms with Gasteiger partial charge in [0.2, 0.25) is 0 Å². The van der Waals surface area contributed by atoms with Gasteiger partial charge in [0.05, 0.1) is 26.0 Å². The predicted molar refractivity (Wildman–Crippen MR) is 96.7 cm³/mol. The number of hydrogen-bond acceptors (Lipinski definition) is 4. The molecule has 1 aliphatic heterocycles. The van der Waals surface area contributed by atoms with E-state index in [2.05, 4.69) is 10.2 Å². The Hall–Kier alpha value is -3.12. The highest BCUT2D eigenvalue weighted by atomic mass is 16.5. The molecular formula is C20H19N3O3. The van der Waals surface area contributed by atoms with Crippen molar-refractivity contribution in [2.24, 2.45) is 0 Å². The van der Waals surface area contributed by atoms with Gasteiger partial charge >= 0.3 is 0 Å². The second-order valence-electron chi connectivity index (χ2n) is 6.27. The largest absolute Gasteiger partial charge is 0.497 e. The van der Waals surface area contributed by atoms with E-state index in [1.165, 1.54) is 0 Å². The number of carbonyl (C=O) groups excluding carboxylic acids is 1.